The highest BCUT2D eigenvalue weighted by atomic mass is 32.2. The van der Waals surface area contributed by atoms with E-state index in [-0.39, 0.29) is 23.9 Å². The highest BCUT2D eigenvalue weighted by Gasteiger charge is 2.21. The molecule has 0 aliphatic carbocycles. The van der Waals surface area contributed by atoms with Crippen molar-refractivity contribution in [2.75, 3.05) is 18.8 Å². The number of hydrogen-bond donors (Lipinski definition) is 0. The van der Waals surface area contributed by atoms with Gasteiger partial charge in [0.15, 0.2) is 0 Å². The van der Waals surface area contributed by atoms with Crippen LogP contribution in [0.1, 0.15) is 41.5 Å². The molecule has 0 radical (unpaired) electrons. The molecule has 0 atom stereocenters. The fourth-order valence-corrected chi connectivity index (χ4v) is 4.63. The van der Waals surface area contributed by atoms with E-state index in [2.05, 4.69) is 6.07 Å². The predicted molar refractivity (Wildman–Crippen MR) is 118 cm³/mol. The van der Waals surface area contributed by atoms with E-state index >= 15 is 0 Å². The molecule has 5 nitrogen and oxygen atoms in total. The molecule has 0 aliphatic heterocycles. The molecule has 6 heteroatoms. The molecule has 2 amide bonds. The van der Waals surface area contributed by atoms with E-state index in [1.807, 2.05) is 80.3 Å². The molecule has 0 fully saturated rings. The Balaban J connectivity index is 2.22. The third-order valence-electron chi connectivity index (χ3n) is 4.93. The number of hydrogen-bond acceptors (Lipinski definition) is 3. The third kappa shape index (κ3) is 5.10. The van der Waals surface area contributed by atoms with Gasteiger partial charge in [-0.05, 0) is 47.6 Å². The molecular weight excluding hydrogens is 370 g/mol. The number of likely N-dealkylation sites (N-methyl/N-ethyl adjacent to an activating group) is 1. The average Bonchev–Trinajstić information content (AvgIpc) is 2.98. The third-order valence-corrected chi connectivity index (χ3v) is 5.95. The van der Waals surface area contributed by atoms with Gasteiger partial charge in [0.25, 0.3) is 0 Å². The second-order valence-corrected chi connectivity index (χ2v) is 8.50. The largest absolute Gasteiger partial charge is 0.342 e. The summed E-state index contributed by atoms with van der Waals surface area (Å²) >= 11 is 1.55. The Morgan fingerprint density at radius 3 is 2.18 bits per heavy atom. The minimum atomic E-state index is 0.115. The molecule has 0 unspecified atom stereocenters. The smallest absolute Gasteiger partial charge is 0.242 e. The number of rotatable bonds is 9. The van der Waals surface area contributed by atoms with Gasteiger partial charge in [0.1, 0.15) is 6.54 Å². The van der Waals surface area contributed by atoms with Gasteiger partial charge in [0.05, 0.1) is 5.75 Å². The first-order chi connectivity index (χ1) is 13.3. The molecule has 1 aromatic carbocycles. The molecule has 1 aromatic heterocycles. The van der Waals surface area contributed by atoms with Crippen LogP contribution in [0, 0.1) is 0 Å². The van der Waals surface area contributed by atoms with Crippen LogP contribution in [0.2, 0.25) is 0 Å². The number of thioether (sulfide) groups is 1. The van der Waals surface area contributed by atoms with Gasteiger partial charge in [-0.1, -0.05) is 18.2 Å². The number of carbonyl (C=O) groups excluding carboxylic acids is 2. The lowest BCUT2D eigenvalue weighted by atomic mass is 10.2. The second kappa shape index (κ2) is 10.0. The first-order valence-corrected chi connectivity index (χ1v) is 11.1. The quantitative estimate of drug-likeness (QED) is 0.588. The van der Waals surface area contributed by atoms with Crippen molar-refractivity contribution in [2.45, 2.75) is 65.1 Å². The fourth-order valence-electron chi connectivity index (χ4n) is 3.67. The minimum Gasteiger partial charge on any atom is -0.342 e. The van der Waals surface area contributed by atoms with Crippen molar-refractivity contribution >= 4 is 34.5 Å². The Morgan fingerprint density at radius 1 is 1.00 bits per heavy atom. The first-order valence-electron chi connectivity index (χ1n) is 10.1. The molecule has 1 heterocycles. The summed E-state index contributed by atoms with van der Waals surface area (Å²) in [4.78, 5) is 30.1. The van der Waals surface area contributed by atoms with E-state index < -0.39 is 0 Å². The second-order valence-electron chi connectivity index (χ2n) is 7.48. The summed E-state index contributed by atoms with van der Waals surface area (Å²) in [6.07, 6.45) is 2.01. The summed E-state index contributed by atoms with van der Waals surface area (Å²) in [6.45, 7) is 13.9. The number of amides is 2. The van der Waals surface area contributed by atoms with Crippen molar-refractivity contribution < 1.29 is 9.59 Å². The molecule has 2 rings (SSSR count). The van der Waals surface area contributed by atoms with Gasteiger partial charge in [0.2, 0.25) is 11.8 Å². The average molecular weight is 404 g/mol. The first kappa shape index (κ1) is 22.3. The van der Waals surface area contributed by atoms with E-state index in [1.165, 1.54) is 0 Å². The van der Waals surface area contributed by atoms with Crippen LogP contribution in [-0.4, -0.2) is 57.1 Å². The van der Waals surface area contributed by atoms with Crippen LogP contribution in [-0.2, 0) is 16.1 Å². The topological polar surface area (TPSA) is 45.6 Å². The zero-order chi connectivity index (χ0) is 20.8. The van der Waals surface area contributed by atoms with Crippen molar-refractivity contribution in [3.63, 3.8) is 0 Å². The maximum Gasteiger partial charge on any atom is 0.242 e. The van der Waals surface area contributed by atoms with E-state index in [9.17, 15) is 9.59 Å². The zero-order valence-electron chi connectivity index (χ0n) is 17.9. The van der Waals surface area contributed by atoms with Crippen LogP contribution in [0.25, 0.3) is 10.9 Å². The van der Waals surface area contributed by atoms with E-state index in [0.717, 1.165) is 15.8 Å². The Bertz CT molecular complexity index is 801. The van der Waals surface area contributed by atoms with Crippen LogP contribution in [0.3, 0.4) is 0 Å². The molecule has 28 heavy (non-hydrogen) atoms. The number of aromatic nitrogens is 1. The summed E-state index contributed by atoms with van der Waals surface area (Å²) in [7, 11) is 0. The van der Waals surface area contributed by atoms with Crippen molar-refractivity contribution in [1.29, 1.82) is 0 Å². The fraction of sp³-hybridized carbons (Fsp3) is 0.545. The molecule has 0 saturated heterocycles. The summed E-state index contributed by atoms with van der Waals surface area (Å²) in [6, 6.07) is 8.44. The van der Waals surface area contributed by atoms with Crippen molar-refractivity contribution in [3.8, 4) is 0 Å². The van der Waals surface area contributed by atoms with Crippen LogP contribution in [0.4, 0.5) is 0 Å². The summed E-state index contributed by atoms with van der Waals surface area (Å²) in [5.41, 5.74) is 1.03. The van der Waals surface area contributed by atoms with E-state index in [0.29, 0.717) is 25.4 Å². The maximum absolute atomic E-state index is 12.7. The maximum atomic E-state index is 12.7. The molecule has 0 aliphatic rings. The lowest BCUT2D eigenvalue weighted by Gasteiger charge is -2.30. The van der Waals surface area contributed by atoms with Gasteiger partial charge < -0.3 is 14.4 Å². The van der Waals surface area contributed by atoms with Crippen LogP contribution in [0.15, 0.2) is 35.4 Å². The molecule has 0 saturated carbocycles. The van der Waals surface area contributed by atoms with Crippen molar-refractivity contribution in [1.82, 2.24) is 14.4 Å². The van der Waals surface area contributed by atoms with Crippen LogP contribution < -0.4 is 0 Å². The van der Waals surface area contributed by atoms with Gasteiger partial charge in [0, 0.05) is 47.2 Å². The highest BCUT2D eigenvalue weighted by Crippen LogP contribution is 2.30. The standard InChI is InChI=1S/C22H33N3O2S/c1-7-23(8-2)21(26)14-24-13-20(18-11-9-10-12-19(18)24)28-15-22(27)25(16(3)4)17(5)6/h9-13,16-17H,7-8,14-15H2,1-6H3. The summed E-state index contributed by atoms with van der Waals surface area (Å²) < 4.78 is 2.01. The number of benzene rings is 1. The Morgan fingerprint density at radius 2 is 1.61 bits per heavy atom. The molecule has 0 bridgehead atoms. The minimum absolute atomic E-state index is 0.115. The lowest BCUT2D eigenvalue weighted by Crippen LogP contribution is -2.43. The van der Waals surface area contributed by atoms with Gasteiger partial charge in [-0.25, -0.2) is 0 Å². The van der Waals surface area contributed by atoms with E-state index in [1.54, 1.807) is 11.8 Å². The van der Waals surface area contributed by atoms with Gasteiger partial charge in [-0.2, -0.15) is 0 Å². The lowest BCUT2D eigenvalue weighted by molar-refractivity contribution is -0.132. The van der Waals surface area contributed by atoms with E-state index in [4.69, 9.17) is 0 Å². The molecule has 0 spiro atoms. The Kier molecular flexibility index (Phi) is 7.98. The zero-order valence-corrected chi connectivity index (χ0v) is 18.8. The van der Waals surface area contributed by atoms with Gasteiger partial charge in [-0.3, -0.25) is 9.59 Å². The normalized spacial score (nSPS) is 11.4. The number of fused-ring (bicyclic) bond motifs is 1. The van der Waals surface area contributed by atoms with Crippen molar-refractivity contribution in [2.24, 2.45) is 0 Å². The predicted octanol–water partition coefficient (Wildman–Crippen LogP) is 4.25. The Labute approximate surface area is 173 Å². The SMILES string of the molecule is CCN(CC)C(=O)Cn1cc(SCC(=O)N(C(C)C)C(C)C)c2ccccc21. The molecule has 2 aromatic rings. The number of para-hydroxylation sites is 1. The Hall–Kier alpha value is -1.95. The van der Waals surface area contributed by atoms with Crippen LogP contribution >= 0.6 is 11.8 Å². The number of nitrogens with zero attached hydrogens (tertiary/aromatic N) is 3. The van der Waals surface area contributed by atoms with Gasteiger partial charge >= 0.3 is 0 Å². The molecular formula is C22H33N3O2S. The molecule has 154 valence electrons. The molecule has 0 N–H and O–H groups in total. The highest BCUT2D eigenvalue weighted by molar-refractivity contribution is 8.00. The summed E-state index contributed by atoms with van der Waals surface area (Å²) in [5.74, 6) is 0.657. The van der Waals surface area contributed by atoms with Gasteiger partial charge in [-0.15, -0.1) is 11.8 Å². The van der Waals surface area contributed by atoms with Crippen molar-refractivity contribution in [3.05, 3.63) is 30.5 Å². The monoisotopic (exact) mass is 403 g/mol. The summed E-state index contributed by atoms with van der Waals surface area (Å²) in [5, 5.41) is 1.09. The number of carbonyl (C=O) groups is 2. The van der Waals surface area contributed by atoms with Crippen LogP contribution in [0.5, 0.6) is 0 Å².